The van der Waals surface area contributed by atoms with E-state index in [0.29, 0.717) is 12.5 Å². The highest BCUT2D eigenvalue weighted by Gasteiger charge is 2.23. The Morgan fingerprint density at radius 3 is 2.59 bits per heavy atom. The number of aliphatic hydroxyl groups is 1. The zero-order valence-electron chi connectivity index (χ0n) is 9.53. The van der Waals surface area contributed by atoms with Gasteiger partial charge in [0.25, 0.3) is 0 Å². The van der Waals surface area contributed by atoms with Crippen molar-refractivity contribution in [3.05, 3.63) is 34.9 Å². The molecule has 1 heterocycles. The fourth-order valence-corrected chi connectivity index (χ4v) is 2.06. The van der Waals surface area contributed by atoms with Crippen molar-refractivity contribution in [2.75, 3.05) is 19.6 Å². The molecule has 2 unspecified atom stereocenters. The Labute approximate surface area is 113 Å². The number of benzene rings is 1. The largest absolute Gasteiger partial charge is 0.391 e. The fourth-order valence-electron chi connectivity index (χ4n) is 1.93. The van der Waals surface area contributed by atoms with Crippen LogP contribution in [-0.2, 0) is 6.54 Å². The van der Waals surface area contributed by atoms with Crippen molar-refractivity contribution in [3.63, 3.8) is 0 Å². The molecule has 3 N–H and O–H groups in total. The molecule has 0 saturated carbocycles. The van der Waals surface area contributed by atoms with Gasteiger partial charge < -0.3 is 15.7 Å². The third-order valence-corrected chi connectivity index (χ3v) is 3.21. The summed E-state index contributed by atoms with van der Waals surface area (Å²) < 4.78 is 0. The first-order valence-electron chi connectivity index (χ1n) is 5.59. The Morgan fingerprint density at radius 2 is 2.00 bits per heavy atom. The lowest BCUT2D eigenvalue weighted by atomic mass is 10.1. The molecule has 17 heavy (non-hydrogen) atoms. The fraction of sp³-hybridized carbons (Fsp3) is 0.500. The quantitative estimate of drug-likeness (QED) is 0.780. The minimum Gasteiger partial charge on any atom is -0.391 e. The van der Waals surface area contributed by atoms with Crippen LogP contribution in [0.3, 0.4) is 0 Å². The highest BCUT2D eigenvalue weighted by molar-refractivity contribution is 6.30. The van der Waals surface area contributed by atoms with Gasteiger partial charge in [0.1, 0.15) is 0 Å². The van der Waals surface area contributed by atoms with E-state index in [0.717, 1.165) is 24.7 Å². The predicted molar refractivity (Wildman–Crippen MR) is 72.8 cm³/mol. The van der Waals surface area contributed by atoms with E-state index in [4.69, 9.17) is 11.6 Å². The van der Waals surface area contributed by atoms with Crippen molar-refractivity contribution in [2.24, 2.45) is 5.92 Å². The summed E-state index contributed by atoms with van der Waals surface area (Å²) in [5.41, 5.74) is 1.21. The van der Waals surface area contributed by atoms with Crippen molar-refractivity contribution in [3.8, 4) is 0 Å². The Bertz CT molecular complexity index is 332. The van der Waals surface area contributed by atoms with Crippen LogP contribution >= 0.6 is 24.0 Å². The normalized spacial score (nSPS) is 23.4. The molecule has 1 aliphatic rings. The molecule has 0 spiro atoms. The maximum Gasteiger partial charge on any atom is 0.0716 e. The van der Waals surface area contributed by atoms with Gasteiger partial charge in [0.15, 0.2) is 0 Å². The van der Waals surface area contributed by atoms with Gasteiger partial charge in [0, 0.05) is 37.1 Å². The zero-order valence-corrected chi connectivity index (χ0v) is 11.1. The van der Waals surface area contributed by atoms with Gasteiger partial charge in [-0.3, -0.25) is 0 Å². The summed E-state index contributed by atoms with van der Waals surface area (Å²) >= 11 is 5.81. The minimum atomic E-state index is -0.210. The smallest absolute Gasteiger partial charge is 0.0716 e. The molecule has 2 rings (SSSR count). The summed E-state index contributed by atoms with van der Waals surface area (Å²) in [6.07, 6.45) is -0.210. The van der Waals surface area contributed by atoms with Crippen LogP contribution in [0.25, 0.3) is 0 Å². The second kappa shape index (κ2) is 7.19. The summed E-state index contributed by atoms with van der Waals surface area (Å²) in [5.74, 6) is 0.326. The molecule has 1 saturated heterocycles. The predicted octanol–water partition coefficient (Wildman–Crippen LogP) is 1.43. The number of β-amino-alcohol motifs (C(OH)–C–C–N with tert-alkyl or cyclic N) is 1. The molecular weight excluding hydrogens is 259 g/mol. The number of hydrogen-bond donors (Lipinski definition) is 3. The van der Waals surface area contributed by atoms with E-state index >= 15 is 0 Å². The molecule has 2 atom stereocenters. The first kappa shape index (κ1) is 14.7. The summed E-state index contributed by atoms with van der Waals surface area (Å²) in [6, 6.07) is 7.81. The molecule has 1 aromatic carbocycles. The molecular formula is C12H18Cl2N2O. The molecule has 1 aliphatic heterocycles. The van der Waals surface area contributed by atoms with E-state index in [1.807, 2.05) is 24.3 Å². The number of hydrogen-bond acceptors (Lipinski definition) is 3. The number of rotatable bonds is 4. The molecule has 5 heteroatoms. The van der Waals surface area contributed by atoms with Crippen molar-refractivity contribution >= 4 is 24.0 Å². The molecule has 1 aromatic rings. The van der Waals surface area contributed by atoms with E-state index in [1.165, 1.54) is 5.56 Å². The number of nitrogens with one attached hydrogen (secondary N) is 2. The van der Waals surface area contributed by atoms with Crippen LogP contribution in [0, 0.1) is 5.92 Å². The lowest BCUT2D eigenvalue weighted by molar-refractivity contribution is 0.146. The van der Waals surface area contributed by atoms with Crippen LogP contribution in [0.4, 0.5) is 0 Å². The summed E-state index contributed by atoms with van der Waals surface area (Å²) in [5, 5.41) is 16.9. The Balaban J connectivity index is 0.00000144. The summed E-state index contributed by atoms with van der Waals surface area (Å²) in [6.45, 7) is 3.28. The van der Waals surface area contributed by atoms with Gasteiger partial charge >= 0.3 is 0 Å². The van der Waals surface area contributed by atoms with Crippen molar-refractivity contribution in [1.29, 1.82) is 0 Å². The second-order valence-corrected chi connectivity index (χ2v) is 4.68. The van der Waals surface area contributed by atoms with Crippen molar-refractivity contribution in [1.82, 2.24) is 10.6 Å². The maximum absolute atomic E-state index is 9.60. The Morgan fingerprint density at radius 1 is 1.29 bits per heavy atom. The highest BCUT2D eigenvalue weighted by Crippen LogP contribution is 2.10. The van der Waals surface area contributed by atoms with Crippen LogP contribution < -0.4 is 10.6 Å². The van der Waals surface area contributed by atoms with E-state index in [-0.39, 0.29) is 18.5 Å². The first-order chi connectivity index (χ1) is 7.75. The van der Waals surface area contributed by atoms with Crippen molar-refractivity contribution in [2.45, 2.75) is 12.6 Å². The molecule has 3 nitrogen and oxygen atoms in total. The minimum absolute atomic E-state index is 0. The van der Waals surface area contributed by atoms with Gasteiger partial charge in [-0.25, -0.2) is 0 Å². The molecule has 0 radical (unpaired) electrons. The van der Waals surface area contributed by atoms with Crippen LogP contribution in [0.5, 0.6) is 0 Å². The molecule has 96 valence electrons. The lowest BCUT2D eigenvalue weighted by Crippen LogP contribution is -2.30. The monoisotopic (exact) mass is 276 g/mol. The van der Waals surface area contributed by atoms with Gasteiger partial charge in [0.05, 0.1) is 6.10 Å². The molecule has 0 bridgehead atoms. The summed E-state index contributed by atoms with van der Waals surface area (Å²) in [7, 11) is 0. The average Bonchev–Trinajstić information content (AvgIpc) is 2.68. The first-order valence-corrected chi connectivity index (χ1v) is 5.97. The van der Waals surface area contributed by atoms with E-state index in [2.05, 4.69) is 10.6 Å². The molecule has 0 aliphatic carbocycles. The average molecular weight is 277 g/mol. The standard InChI is InChI=1S/C12H17ClN2O.ClH/c13-11-3-1-9(2-4-11)5-14-6-10-7-15-8-12(10)16;/h1-4,10,12,14-16H,5-8H2;1H. The lowest BCUT2D eigenvalue weighted by Gasteiger charge is -2.14. The topological polar surface area (TPSA) is 44.3 Å². The van der Waals surface area contributed by atoms with Gasteiger partial charge in [-0.1, -0.05) is 23.7 Å². The van der Waals surface area contributed by atoms with E-state index < -0.39 is 0 Å². The Kier molecular flexibility index (Phi) is 6.23. The van der Waals surface area contributed by atoms with Crippen LogP contribution in [0.1, 0.15) is 5.56 Å². The third kappa shape index (κ3) is 4.45. The molecule has 1 fully saturated rings. The molecule has 0 aromatic heterocycles. The number of aliphatic hydroxyl groups excluding tert-OH is 1. The van der Waals surface area contributed by atoms with Crippen LogP contribution in [0.15, 0.2) is 24.3 Å². The van der Waals surface area contributed by atoms with E-state index in [9.17, 15) is 5.11 Å². The zero-order chi connectivity index (χ0) is 11.4. The third-order valence-electron chi connectivity index (χ3n) is 2.95. The van der Waals surface area contributed by atoms with Crippen LogP contribution in [0.2, 0.25) is 5.02 Å². The highest BCUT2D eigenvalue weighted by atomic mass is 35.5. The maximum atomic E-state index is 9.60. The van der Waals surface area contributed by atoms with E-state index in [1.54, 1.807) is 0 Å². The van der Waals surface area contributed by atoms with Gasteiger partial charge in [-0.05, 0) is 17.7 Å². The van der Waals surface area contributed by atoms with Crippen LogP contribution in [-0.4, -0.2) is 30.8 Å². The van der Waals surface area contributed by atoms with Crippen molar-refractivity contribution < 1.29 is 5.11 Å². The summed E-state index contributed by atoms with van der Waals surface area (Å²) in [4.78, 5) is 0. The Hall–Kier alpha value is -0.320. The molecule has 0 amide bonds. The van der Waals surface area contributed by atoms with Gasteiger partial charge in [-0.2, -0.15) is 0 Å². The SMILES string of the molecule is Cl.OC1CNCC1CNCc1ccc(Cl)cc1. The second-order valence-electron chi connectivity index (χ2n) is 4.24. The van der Waals surface area contributed by atoms with Gasteiger partial charge in [-0.15, -0.1) is 12.4 Å². The van der Waals surface area contributed by atoms with Gasteiger partial charge in [0.2, 0.25) is 0 Å². The number of halogens is 2.